The van der Waals surface area contributed by atoms with Crippen LogP contribution in [0.2, 0.25) is 0 Å². The van der Waals surface area contributed by atoms with E-state index in [2.05, 4.69) is 5.32 Å². The fraction of sp³-hybridized carbons (Fsp3) is 0.333. The van der Waals surface area contributed by atoms with Crippen LogP contribution in [-0.2, 0) is 0 Å². The van der Waals surface area contributed by atoms with E-state index < -0.39 is 4.92 Å². The van der Waals surface area contributed by atoms with Gasteiger partial charge in [0.2, 0.25) is 0 Å². The van der Waals surface area contributed by atoms with Crippen LogP contribution in [0.1, 0.15) is 6.92 Å². The lowest BCUT2D eigenvalue weighted by Crippen LogP contribution is -2.25. The van der Waals surface area contributed by atoms with Crippen LogP contribution in [0, 0.1) is 13.7 Å². The highest BCUT2D eigenvalue weighted by Crippen LogP contribution is 2.26. The second-order valence-electron chi connectivity index (χ2n) is 3.20. The first-order valence-corrected chi connectivity index (χ1v) is 5.53. The minimum absolute atomic E-state index is 0.0174. The number of nitrogens with two attached hydrogens (primary N) is 1. The number of anilines is 1. The molecule has 0 saturated heterocycles. The Kier molecular flexibility index (Phi) is 4.28. The standard InChI is InChI=1S/C9H12IN3O2/c1-6(5-11)12-8-3-2-7(10)4-9(8)13(14)15/h2-4,6,12H,5,11H2,1H3. The van der Waals surface area contributed by atoms with E-state index in [1.54, 1.807) is 6.07 Å². The van der Waals surface area contributed by atoms with Crippen molar-refractivity contribution in [2.75, 3.05) is 11.9 Å². The molecule has 0 radical (unpaired) electrons. The molecule has 0 heterocycles. The predicted octanol–water partition coefficient (Wildman–Crippen LogP) is 1.96. The lowest BCUT2D eigenvalue weighted by atomic mass is 10.2. The zero-order valence-corrected chi connectivity index (χ0v) is 10.4. The third kappa shape index (κ3) is 3.31. The van der Waals surface area contributed by atoms with Gasteiger partial charge in [-0.15, -0.1) is 0 Å². The molecule has 15 heavy (non-hydrogen) atoms. The van der Waals surface area contributed by atoms with E-state index in [1.165, 1.54) is 6.07 Å². The molecule has 0 amide bonds. The quantitative estimate of drug-likeness (QED) is 0.505. The average molecular weight is 321 g/mol. The Morgan fingerprint density at radius 2 is 2.33 bits per heavy atom. The van der Waals surface area contributed by atoms with E-state index in [1.807, 2.05) is 35.6 Å². The zero-order valence-electron chi connectivity index (χ0n) is 8.24. The molecule has 0 aliphatic heterocycles. The summed E-state index contributed by atoms with van der Waals surface area (Å²) >= 11 is 2.04. The van der Waals surface area contributed by atoms with Crippen LogP contribution in [-0.4, -0.2) is 17.5 Å². The fourth-order valence-electron chi connectivity index (χ4n) is 1.10. The number of rotatable bonds is 4. The summed E-state index contributed by atoms with van der Waals surface area (Å²) in [5.41, 5.74) is 6.04. The van der Waals surface area contributed by atoms with Gasteiger partial charge < -0.3 is 11.1 Å². The van der Waals surface area contributed by atoms with Gasteiger partial charge in [0.25, 0.3) is 5.69 Å². The molecule has 0 aromatic heterocycles. The Balaban J connectivity index is 3.01. The summed E-state index contributed by atoms with van der Waals surface area (Å²) in [7, 11) is 0. The second-order valence-corrected chi connectivity index (χ2v) is 4.45. The number of benzene rings is 1. The molecule has 1 atom stereocenters. The van der Waals surface area contributed by atoms with Crippen molar-refractivity contribution in [2.45, 2.75) is 13.0 Å². The Hall–Kier alpha value is -0.890. The van der Waals surface area contributed by atoms with Crippen LogP contribution < -0.4 is 11.1 Å². The highest BCUT2D eigenvalue weighted by Gasteiger charge is 2.14. The Morgan fingerprint density at radius 3 is 2.87 bits per heavy atom. The highest BCUT2D eigenvalue weighted by atomic mass is 127. The van der Waals surface area contributed by atoms with Crippen molar-refractivity contribution in [1.29, 1.82) is 0 Å². The third-order valence-corrected chi connectivity index (χ3v) is 2.58. The maximum absolute atomic E-state index is 10.8. The van der Waals surface area contributed by atoms with Gasteiger partial charge in [0.1, 0.15) is 5.69 Å². The first-order valence-electron chi connectivity index (χ1n) is 4.45. The second kappa shape index (κ2) is 5.26. The lowest BCUT2D eigenvalue weighted by Gasteiger charge is -2.12. The summed E-state index contributed by atoms with van der Waals surface area (Å²) in [5.74, 6) is 0. The number of hydrogen-bond donors (Lipinski definition) is 2. The first kappa shape index (κ1) is 12.2. The van der Waals surface area contributed by atoms with Crippen LogP contribution in [0.5, 0.6) is 0 Å². The van der Waals surface area contributed by atoms with Crippen molar-refractivity contribution >= 4 is 34.0 Å². The monoisotopic (exact) mass is 321 g/mol. The molecular weight excluding hydrogens is 309 g/mol. The first-order chi connectivity index (χ1) is 7.04. The molecule has 1 rings (SSSR count). The number of nitrogens with zero attached hydrogens (tertiary/aromatic N) is 1. The molecule has 1 unspecified atom stereocenters. The highest BCUT2D eigenvalue weighted by molar-refractivity contribution is 14.1. The summed E-state index contributed by atoms with van der Waals surface area (Å²) in [6.07, 6.45) is 0. The predicted molar refractivity (Wildman–Crippen MR) is 68.0 cm³/mol. The number of hydrogen-bond acceptors (Lipinski definition) is 4. The maximum atomic E-state index is 10.8. The summed E-state index contributed by atoms with van der Waals surface area (Å²) < 4.78 is 0.838. The molecule has 1 aromatic carbocycles. The van der Waals surface area contributed by atoms with Crippen LogP contribution in [0.3, 0.4) is 0 Å². The maximum Gasteiger partial charge on any atom is 0.293 e. The van der Waals surface area contributed by atoms with Gasteiger partial charge in [-0.3, -0.25) is 10.1 Å². The largest absolute Gasteiger partial charge is 0.376 e. The van der Waals surface area contributed by atoms with Gasteiger partial charge in [-0.05, 0) is 41.6 Å². The number of halogens is 1. The van der Waals surface area contributed by atoms with E-state index in [0.29, 0.717) is 12.2 Å². The van der Waals surface area contributed by atoms with Gasteiger partial charge in [-0.1, -0.05) is 0 Å². The minimum Gasteiger partial charge on any atom is -0.376 e. The van der Waals surface area contributed by atoms with E-state index in [4.69, 9.17) is 5.73 Å². The van der Waals surface area contributed by atoms with Crippen LogP contribution in [0.15, 0.2) is 18.2 Å². The number of nitrogens with one attached hydrogen (secondary N) is 1. The summed E-state index contributed by atoms with van der Waals surface area (Å²) in [5, 5.41) is 13.8. The zero-order chi connectivity index (χ0) is 11.4. The van der Waals surface area contributed by atoms with E-state index in [9.17, 15) is 10.1 Å². The summed E-state index contributed by atoms with van der Waals surface area (Å²) in [4.78, 5) is 10.4. The smallest absolute Gasteiger partial charge is 0.293 e. The van der Waals surface area contributed by atoms with Gasteiger partial charge in [-0.2, -0.15) is 0 Å². The lowest BCUT2D eigenvalue weighted by molar-refractivity contribution is -0.384. The van der Waals surface area contributed by atoms with Crippen molar-refractivity contribution in [3.05, 3.63) is 31.9 Å². The fourth-order valence-corrected chi connectivity index (χ4v) is 1.58. The summed E-state index contributed by atoms with van der Waals surface area (Å²) in [6, 6.07) is 5.07. The van der Waals surface area contributed by atoms with Crippen molar-refractivity contribution in [3.8, 4) is 0 Å². The topological polar surface area (TPSA) is 81.2 Å². The van der Waals surface area contributed by atoms with Crippen molar-refractivity contribution in [2.24, 2.45) is 5.73 Å². The van der Waals surface area contributed by atoms with Gasteiger partial charge in [0.15, 0.2) is 0 Å². The molecule has 0 bridgehead atoms. The van der Waals surface area contributed by atoms with Crippen LogP contribution in [0.4, 0.5) is 11.4 Å². The van der Waals surface area contributed by atoms with E-state index in [-0.39, 0.29) is 11.7 Å². The number of nitro benzene ring substituents is 1. The normalized spacial score (nSPS) is 12.2. The third-order valence-electron chi connectivity index (χ3n) is 1.91. The van der Waals surface area contributed by atoms with Gasteiger partial charge in [-0.25, -0.2) is 0 Å². The molecule has 0 aliphatic carbocycles. The molecule has 6 heteroatoms. The minimum atomic E-state index is -0.395. The van der Waals surface area contributed by atoms with Gasteiger partial charge in [0.05, 0.1) is 4.92 Å². The molecule has 0 spiro atoms. The SMILES string of the molecule is CC(CN)Nc1ccc(I)cc1[N+](=O)[O-]. The van der Waals surface area contributed by atoms with Crippen LogP contribution >= 0.6 is 22.6 Å². The molecular formula is C9H12IN3O2. The van der Waals surface area contributed by atoms with Gasteiger partial charge in [0, 0.05) is 22.2 Å². The molecule has 0 saturated carbocycles. The van der Waals surface area contributed by atoms with Crippen molar-refractivity contribution in [1.82, 2.24) is 0 Å². The van der Waals surface area contributed by atoms with Crippen LogP contribution in [0.25, 0.3) is 0 Å². The molecule has 3 N–H and O–H groups in total. The average Bonchev–Trinajstić information content (AvgIpc) is 2.20. The Bertz CT molecular complexity index is 370. The molecule has 5 nitrogen and oxygen atoms in total. The van der Waals surface area contributed by atoms with Gasteiger partial charge >= 0.3 is 0 Å². The van der Waals surface area contributed by atoms with E-state index in [0.717, 1.165) is 3.57 Å². The molecule has 1 aromatic rings. The molecule has 0 fully saturated rings. The Labute approximate surface area is 101 Å². The number of nitro groups is 1. The van der Waals surface area contributed by atoms with Crippen molar-refractivity contribution in [3.63, 3.8) is 0 Å². The molecule has 0 aliphatic rings. The van der Waals surface area contributed by atoms with E-state index >= 15 is 0 Å². The Morgan fingerprint density at radius 1 is 1.67 bits per heavy atom. The molecule has 82 valence electrons. The summed E-state index contributed by atoms with van der Waals surface area (Å²) in [6.45, 7) is 2.31. The van der Waals surface area contributed by atoms with Crippen molar-refractivity contribution < 1.29 is 4.92 Å².